The summed E-state index contributed by atoms with van der Waals surface area (Å²) in [6, 6.07) is 25.1. The van der Waals surface area contributed by atoms with Gasteiger partial charge < -0.3 is 33.1 Å². The Hall–Kier alpha value is -6.12. The molecule has 4 aromatic carbocycles. The number of carboxylic acid groups (broad SMARTS) is 1. The topological polar surface area (TPSA) is 159 Å². The zero-order valence-corrected chi connectivity index (χ0v) is 31.4. The Balaban J connectivity index is 0.000000252. The third-order valence-corrected chi connectivity index (χ3v) is 9.75. The SMILES string of the molecule is COc1cc2c(cc1C)oc(=O)n2CC(=O)N(C)C(CN1CCOCC1)c1ccc(-c2ccccc2)cc1.COc1cc2c(cc1C)oc(=O)n2CC(=O)O. The number of methoxy groups -OCH3 is 2. The molecule has 1 fully saturated rings. The van der Waals surface area contributed by atoms with Gasteiger partial charge in [-0.1, -0.05) is 54.6 Å². The highest BCUT2D eigenvalue weighted by Crippen LogP contribution is 2.28. The third-order valence-electron chi connectivity index (χ3n) is 9.75. The molecule has 1 aliphatic rings. The molecule has 7 rings (SSSR count). The smallest absolute Gasteiger partial charge is 0.420 e. The number of rotatable bonds is 11. The molecule has 14 heteroatoms. The Kier molecular flexibility index (Phi) is 11.9. The molecule has 55 heavy (non-hydrogen) atoms. The van der Waals surface area contributed by atoms with E-state index in [9.17, 15) is 19.2 Å². The number of aliphatic carboxylic acids is 1. The van der Waals surface area contributed by atoms with E-state index in [2.05, 4.69) is 41.3 Å². The molecule has 6 aromatic rings. The predicted molar refractivity (Wildman–Crippen MR) is 206 cm³/mol. The van der Waals surface area contributed by atoms with Crippen molar-refractivity contribution in [3.8, 4) is 22.6 Å². The van der Waals surface area contributed by atoms with Crippen molar-refractivity contribution in [3.05, 3.63) is 117 Å². The molecule has 0 bridgehead atoms. The van der Waals surface area contributed by atoms with E-state index in [1.54, 1.807) is 43.3 Å². The molecule has 2 aromatic heterocycles. The number of oxazole rings is 2. The van der Waals surface area contributed by atoms with E-state index in [0.29, 0.717) is 53.5 Å². The van der Waals surface area contributed by atoms with Gasteiger partial charge in [0.2, 0.25) is 5.91 Å². The zero-order valence-electron chi connectivity index (χ0n) is 31.4. The maximum atomic E-state index is 13.6. The van der Waals surface area contributed by atoms with Gasteiger partial charge in [0.05, 0.1) is 44.5 Å². The first kappa shape index (κ1) is 38.6. The number of morpholine rings is 1. The molecule has 288 valence electrons. The molecule has 1 unspecified atom stereocenters. The maximum absolute atomic E-state index is 13.6. The van der Waals surface area contributed by atoms with E-state index in [1.165, 1.54) is 11.7 Å². The number of fused-ring (bicyclic) bond motifs is 2. The average Bonchev–Trinajstić information content (AvgIpc) is 3.65. The Morgan fingerprint density at radius 1 is 0.764 bits per heavy atom. The highest BCUT2D eigenvalue weighted by molar-refractivity contribution is 5.81. The van der Waals surface area contributed by atoms with Gasteiger partial charge in [-0.25, -0.2) is 9.59 Å². The van der Waals surface area contributed by atoms with E-state index in [-0.39, 0.29) is 18.5 Å². The van der Waals surface area contributed by atoms with Crippen molar-refractivity contribution in [1.29, 1.82) is 0 Å². The number of carbonyl (C=O) groups is 2. The fourth-order valence-corrected chi connectivity index (χ4v) is 6.69. The van der Waals surface area contributed by atoms with Crippen LogP contribution >= 0.6 is 0 Å². The molecular weight excluding hydrogens is 708 g/mol. The summed E-state index contributed by atoms with van der Waals surface area (Å²) in [5, 5.41) is 8.72. The van der Waals surface area contributed by atoms with Crippen LogP contribution in [0.25, 0.3) is 33.3 Å². The number of carbonyl (C=O) groups excluding carboxylic acids is 1. The molecule has 0 aliphatic carbocycles. The van der Waals surface area contributed by atoms with Crippen molar-refractivity contribution in [2.24, 2.45) is 0 Å². The Morgan fingerprint density at radius 3 is 1.78 bits per heavy atom. The van der Waals surface area contributed by atoms with Crippen LogP contribution in [0.5, 0.6) is 11.5 Å². The van der Waals surface area contributed by atoms with E-state index in [0.717, 1.165) is 45.5 Å². The number of aryl methyl sites for hydroxylation is 2. The highest BCUT2D eigenvalue weighted by Gasteiger charge is 2.27. The van der Waals surface area contributed by atoms with Crippen LogP contribution in [-0.2, 0) is 27.4 Å². The fourth-order valence-electron chi connectivity index (χ4n) is 6.69. The summed E-state index contributed by atoms with van der Waals surface area (Å²) < 4.78 is 28.9. The number of aromatic nitrogens is 2. The average molecular weight is 753 g/mol. The maximum Gasteiger partial charge on any atom is 0.420 e. The number of hydrogen-bond donors (Lipinski definition) is 1. The summed E-state index contributed by atoms with van der Waals surface area (Å²) in [6.07, 6.45) is 0. The molecule has 0 spiro atoms. The second-order valence-corrected chi connectivity index (χ2v) is 13.3. The van der Waals surface area contributed by atoms with Crippen molar-refractivity contribution in [3.63, 3.8) is 0 Å². The molecule has 1 N–H and O–H groups in total. The van der Waals surface area contributed by atoms with E-state index >= 15 is 0 Å². The second kappa shape index (κ2) is 16.9. The van der Waals surface area contributed by atoms with Crippen LogP contribution in [0.15, 0.2) is 97.3 Å². The highest BCUT2D eigenvalue weighted by atomic mass is 16.5. The van der Waals surface area contributed by atoms with Crippen LogP contribution < -0.4 is 21.0 Å². The molecule has 3 heterocycles. The van der Waals surface area contributed by atoms with Crippen molar-refractivity contribution < 1.29 is 37.7 Å². The summed E-state index contributed by atoms with van der Waals surface area (Å²) in [5.74, 6) is -1.32. The lowest BCUT2D eigenvalue weighted by atomic mass is 9.99. The number of likely N-dealkylation sites (N-methyl/N-ethyl adjacent to an activating group) is 1. The number of carboxylic acids is 1. The van der Waals surface area contributed by atoms with Crippen LogP contribution in [0, 0.1) is 13.8 Å². The van der Waals surface area contributed by atoms with Gasteiger partial charge in [0, 0.05) is 38.8 Å². The van der Waals surface area contributed by atoms with Crippen molar-refractivity contribution >= 4 is 34.1 Å². The lowest BCUT2D eigenvalue weighted by molar-refractivity contribution is -0.137. The first-order valence-corrected chi connectivity index (χ1v) is 17.8. The minimum absolute atomic E-state index is 0.129. The predicted octanol–water partition coefficient (Wildman–Crippen LogP) is 5.11. The van der Waals surface area contributed by atoms with Crippen LogP contribution in [0.3, 0.4) is 0 Å². The summed E-state index contributed by atoms with van der Waals surface area (Å²) in [7, 11) is 4.89. The summed E-state index contributed by atoms with van der Waals surface area (Å²) in [6.45, 7) is 6.78. The third kappa shape index (κ3) is 8.66. The summed E-state index contributed by atoms with van der Waals surface area (Å²) in [5.41, 5.74) is 6.72. The van der Waals surface area contributed by atoms with Gasteiger partial charge >= 0.3 is 17.5 Å². The minimum atomic E-state index is -1.10. The van der Waals surface area contributed by atoms with Gasteiger partial charge in [0.15, 0.2) is 11.2 Å². The molecule has 0 radical (unpaired) electrons. The van der Waals surface area contributed by atoms with Crippen molar-refractivity contribution in [2.75, 3.05) is 54.1 Å². The molecular formula is C41H44N4O10. The van der Waals surface area contributed by atoms with Gasteiger partial charge in [-0.3, -0.25) is 23.6 Å². The lowest BCUT2D eigenvalue weighted by Gasteiger charge is -2.35. The zero-order chi connectivity index (χ0) is 39.2. The van der Waals surface area contributed by atoms with Crippen LogP contribution in [0.1, 0.15) is 22.7 Å². The minimum Gasteiger partial charge on any atom is -0.496 e. The van der Waals surface area contributed by atoms with E-state index in [4.69, 9.17) is 28.2 Å². The number of nitrogens with zero attached hydrogens (tertiary/aromatic N) is 4. The van der Waals surface area contributed by atoms with E-state index < -0.39 is 24.0 Å². The number of hydrogen-bond acceptors (Lipinski definition) is 10. The number of ether oxygens (including phenoxy) is 3. The normalized spacial score (nSPS) is 13.6. The molecule has 1 aliphatic heterocycles. The Bertz CT molecular complexity index is 2400. The fraction of sp³-hybridized carbons (Fsp3) is 0.317. The quantitative estimate of drug-likeness (QED) is 0.188. The number of amides is 1. The van der Waals surface area contributed by atoms with E-state index in [1.807, 2.05) is 32.0 Å². The Morgan fingerprint density at radius 2 is 1.27 bits per heavy atom. The summed E-state index contributed by atoms with van der Waals surface area (Å²) in [4.78, 5) is 52.5. The van der Waals surface area contributed by atoms with Crippen molar-refractivity contribution in [1.82, 2.24) is 18.9 Å². The first-order valence-electron chi connectivity index (χ1n) is 17.8. The largest absolute Gasteiger partial charge is 0.496 e. The molecule has 1 amide bonds. The van der Waals surface area contributed by atoms with Crippen LogP contribution in [0.4, 0.5) is 0 Å². The molecule has 1 saturated heterocycles. The monoisotopic (exact) mass is 752 g/mol. The second-order valence-electron chi connectivity index (χ2n) is 13.3. The molecule has 1 atom stereocenters. The van der Waals surface area contributed by atoms with Gasteiger partial charge in [-0.05, 0) is 53.8 Å². The molecule has 0 saturated carbocycles. The standard InChI is InChI=1S/C30H33N3O5.C11H11NO5/c1-21-17-28-25(18-27(21)36-3)33(30(35)38-28)20-29(34)31(2)26(19-32-13-15-37-16-14-32)24-11-9-23(10-12-24)22-7-5-4-6-8-22;1-6-3-9-7(4-8(6)16-2)12(5-10(13)14)11(15)17-9/h4-12,17-18,26H,13-16,19-20H2,1-3H3;3-4H,5H2,1-2H3,(H,13,14). The Labute approximate surface area is 316 Å². The lowest BCUT2D eigenvalue weighted by Crippen LogP contribution is -2.44. The van der Waals surface area contributed by atoms with Crippen molar-refractivity contribution in [2.45, 2.75) is 33.0 Å². The van der Waals surface area contributed by atoms with Crippen LogP contribution in [0.2, 0.25) is 0 Å². The first-order chi connectivity index (χ1) is 26.5. The van der Waals surface area contributed by atoms with Gasteiger partial charge in [0.1, 0.15) is 24.6 Å². The number of benzene rings is 4. The van der Waals surface area contributed by atoms with Crippen LogP contribution in [-0.4, -0.2) is 90.0 Å². The van der Waals surface area contributed by atoms with Gasteiger partial charge in [0.25, 0.3) is 0 Å². The van der Waals surface area contributed by atoms with Gasteiger partial charge in [-0.2, -0.15) is 0 Å². The van der Waals surface area contributed by atoms with Gasteiger partial charge in [-0.15, -0.1) is 0 Å². The molecule has 14 nitrogen and oxygen atoms in total. The summed E-state index contributed by atoms with van der Waals surface area (Å²) >= 11 is 0.